The lowest BCUT2D eigenvalue weighted by Crippen LogP contribution is -2.42. The van der Waals surface area contributed by atoms with Gasteiger partial charge in [-0.25, -0.2) is 4.39 Å². The van der Waals surface area contributed by atoms with E-state index in [1.165, 1.54) is 12.1 Å². The second-order valence-electron chi connectivity index (χ2n) is 5.68. The van der Waals surface area contributed by atoms with Crippen LogP contribution in [0.25, 0.3) is 0 Å². The number of hydrogen-bond acceptors (Lipinski definition) is 3. The van der Waals surface area contributed by atoms with Crippen LogP contribution in [0.15, 0.2) is 24.3 Å². The van der Waals surface area contributed by atoms with E-state index in [2.05, 4.69) is 15.5 Å². The second kappa shape index (κ2) is 9.77. The first-order valence-corrected chi connectivity index (χ1v) is 7.55. The predicted molar refractivity (Wildman–Crippen MR) is 88.6 cm³/mol. The van der Waals surface area contributed by atoms with E-state index in [4.69, 9.17) is 0 Å². The molecule has 1 fully saturated rings. The molecule has 0 bridgehead atoms. The molecule has 1 aromatic rings. The Hall–Kier alpha value is -1.17. The molecule has 1 heterocycles. The summed E-state index contributed by atoms with van der Waals surface area (Å²) < 4.78 is 12.8. The fraction of sp³-hybridized carbons (Fsp3) is 0.562. The fourth-order valence-corrected chi connectivity index (χ4v) is 2.70. The molecule has 2 N–H and O–H groups in total. The van der Waals surface area contributed by atoms with Crippen molar-refractivity contribution in [3.8, 4) is 0 Å². The average Bonchev–Trinajstić information content (AvgIpc) is 2.49. The maximum Gasteiger partial charge on any atom is 0.234 e. The van der Waals surface area contributed by atoms with Crippen molar-refractivity contribution < 1.29 is 9.18 Å². The van der Waals surface area contributed by atoms with Crippen molar-refractivity contribution in [2.75, 3.05) is 33.2 Å². The molecule has 0 atom stereocenters. The molecule has 124 valence electrons. The van der Waals surface area contributed by atoms with Crippen LogP contribution in [0.4, 0.5) is 4.39 Å². The van der Waals surface area contributed by atoms with Gasteiger partial charge >= 0.3 is 0 Å². The van der Waals surface area contributed by atoms with Crippen LogP contribution in [-0.2, 0) is 11.3 Å². The molecule has 1 aromatic carbocycles. The fourth-order valence-electron chi connectivity index (χ4n) is 2.70. The zero-order chi connectivity index (χ0) is 15.1. The number of nitrogens with one attached hydrogen (secondary N) is 2. The predicted octanol–water partition coefficient (Wildman–Crippen LogP) is 1.80. The van der Waals surface area contributed by atoms with Crippen molar-refractivity contribution in [2.45, 2.75) is 19.4 Å². The summed E-state index contributed by atoms with van der Waals surface area (Å²) in [6.45, 7) is 3.93. The average molecular weight is 330 g/mol. The maximum absolute atomic E-state index is 12.8. The van der Waals surface area contributed by atoms with Crippen molar-refractivity contribution >= 4 is 18.3 Å². The smallest absolute Gasteiger partial charge is 0.234 e. The molecule has 0 saturated carbocycles. The zero-order valence-corrected chi connectivity index (χ0v) is 13.8. The molecule has 0 aromatic heterocycles. The third-order valence-electron chi connectivity index (χ3n) is 3.97. The molecular formula is C16H25ClFN3O. The molecule has 2 rings (SSSR count). The lowest BCUT2D eigenvalue weighted by molar-refractivity contribution is -0.122. The van der Waals surface area contributed by atoms with E-state index in [1.807, 2.05) is 7.05 Å². The van der Waals surface area contributed by atoms with Gasteiger partial charge in [-0.15, -0.1) is 12.4 Å². The Morgan fingerprint density at radius 3 is 2.50 bits per heavy atom. The molecule has 0 aliphatic carbocycles. The van der Waals surface area contributed by atoms with Crippen LogP contribution >= 0.6 is 12.4 Å². The minimum atomic E-state index is -0.255. The third-order valence-corrected chi connectivity index (χ3v) is 3.97. The van der Waals surface area contributed by atoms with E-state index in [0.717, 1.165) is 44.0 Å². The van der Waals surface area contributed by atoms with Crippen LogP contribution in [-0.4, -0.2) is 44.0 Å². The molecular weight excluding hydrogens is 305 g/mol. The number of carbonyl (C=O) groups is 1. The van der Waals surface area contributed by atoms with Gasteiger partial charge in [0.25, 0.3) is 0 Å². The van der Waals surface area contributed by atoms with Crippen LogP contribution in [0.1, 0.15) is 18.4 Å². The number of amides is 1. The monoisotopic (exact) mass is 329 g/mol. The lowest BCUT2D eigenvalue weighted by atomic mass is 9.97. The number of hydrogen-bond donors (Lipinski definition) is 2. The number of nitrogens with zero attached hydrogens (tertiary/aromatic N) is 1. The summed E-state index contributed by atoms with van der Waals surface area (Å²) in [7, 11) is 1.98. The summed E-state index contributed by atoms with van der Waals surface area (Å²) in [6.07, 6.45) is 2.29. The number of likely N-dealkylation sites (tertiary alicyclic amines) is 1. The standard InChI is InChI=1S/C16H24FN3O.ClH/c1-18-10-14-6-8-20(9-7-14)12-16(21)19-11-13-2-4-15(17)5-3-13;/h2-5,14,18H,6-12H2,1H3,(H,19,21);1H. The van der Waals surface area contributed by atoms with E-state index >= 15 is 0 Å². The quantitative estimate of drug-likeness (QED) is 0.836. The topological polar surface area (TPSA) is 44.4 Å². The molecule has 1 aliphatic rings. The van der Waals surface area contributed by atoms with Gasteiger partial charge in [-0.3, -0.25) is 9.69 Å². The van der Waals surface area contributed by atoms with Crippen LogP contribution < -0.4 is 10.6 Å². The Morgan fingerprint density at radius 1 is 1.27 bits per heavy atom. The van der Waals surface area contributed by atoms with Crippen molar-refractivity contribution in [1.29, 1.82) is 0 Å². The molecule has 1 saturated heterocycles. The number of piperidine rings is 1. The van der Waals surface area contributed by atoms with Gasteiger partial charge in [-0.05, 0) is 63.1 Å². The lowest BCUT2D eigenvalue weighted by Gasteiger charge is -2.31. The molecule has 6 heteroatoms. The van der Waals surface area contributed by atoms with Gasteiger partial charge in [0.15, 0.2) is 0 Å². The summed E-state index contributed by atoms with van der Waals surface area (Å²) >= 11 is 0. The second-order valence-corrected chi connectivity index (χ2v) is 5.68. The molecule has 4 nitrogen and oxygen atoms in total. The Balaban J connectivity index is 0.00000242. The SMILES string of the molecule is CNCC1CCN(CC(=O)NCc2ccc(F)cc2)CC1.Cl. The van der Waals surface area contributed by atoms with Crippen LogP contribution in [0.5, 0.6) is 0 Å². The van der Waals surface area contributed by atoms with E-state index in [-0.39, 0.29) is 24.1 Å². The number of carbonyl (C=O) groups excluding carboxylic acids is 1. The van der Waals surface area contributed by atoms with Crippen molar-refractivity contribution in [1.82, 2.24) is 15.5 Å². The zero-order valence-electron chi connectivity index (χ0n) is 13.0. The molecule has 0 unspecified atom stereocenters. The van der Waals surface area contributed by atoms with Crippen molar-refractivity contribution in [3.63, 3.8) is 0 Å². The largest absolute Gasteiger partial charge is 0.351 e. The number of benzene rings is 1. The van der Waals surface area contributed by atoms with Crippen LogP contribution in [0, 0.1) is 11.7 Å². The van der Waals surface area contributed by atoms with Gasteiger partial charge in [-0.2, -0.15) is 0 Å². The summed E-state index contributed by atoms with van der Waals surface area (Å²) in [4.78, 5) is 14.1. The summed E-state index contributed by atoms with van der Waals surface area (Å²) in [6, 6.07) is 6.21. The highest BCUT2D eigenvalue weighted by molar-refractivity contribution is 5.85. The molecule has 0 spiro atoms. The number of halogens is 2. The van der Waals surface area contributed by atoms with E-state index in [0.29, 0.717) is 13.1 Å². The van der Waals surface area contributed by atoms with Crippen molar-refractivity contribution in [3.05, 3.63) is 35.6 Å². The van der Waals surface area contributed by atoms with Gasteiger partial charge in [0.05, 0.1) is 6.54 Å². The van der Waals surface area contributed by atoms with Crippen LogP contribution in [0.3, 0.4) is 0 Å². The van der Waals surface area contributed by atoms with E-state index in [9.17, 15) is 9.18 Å². The van der Waals surface area contributed by atoms with Gasteiger partial charge in [0.1, 0.15) is 5.82 Å². The Morgan fingerprint density at radius 2 is 1.91 bits per heavy atom. The normalized spacial score (nSPS) is 16.1. The van der Waals surface area contributed by atoms with Gasteiger partial charge in [0, 0.05) is 6.54 Å². The first-order valence-electron chi connectivity index (χ1n) is 7.55. The van der Waals surface area contributed by atoms with Gasteiger partial charge in [0.2, 0.25) is 5.91 Å². The first kappa shape index (κ1) is 18.9. The molecule has 0 radical (unpaired) electrons. The summed E-state index contributed by atoms with van der Waals surface area (Å²) in [5.74, 6) is 0.509. The highest BCUT2D eigenvalue weighted by Crippen LogP contribution is 2.15. The minimum Gasteiger partial charge on any atom is -0.351 e. The number of rotatable bonds is 6. The Kier molecular flexibility index (Phi) is 8.38. The maximum atomic E-state index is 12.8. The Bertz CT molecular complexity index is 447. The summed E-state index contributed by atoms with van der Waals surface area (Å²) in [5.41, 5.74) is 0.914. The van der Waals surface area contributed by atoms with E-state index < -0.39 is 0 Å². The van der Waals surface area contributed by atoms with Gasteiger partial charge < -0.3 is 10.6 Å². The van der Waals surface area contributed by atoms with Crippen LogP contribution in [0.2, 0.25) is 0 Å². The molecule has 22 heavy (non-hydrogen) atoms. The third kappa shape index (κ3) is 6.30. The highest BCUT2D eigenvalue weighted by atomic mass is 35.5. The molecule has 1 amide bonds. The minimum absolute atomic E-state index is 0. The molecule has 1 aliphatic heterocycles. The Labute approximate surface area is 137 Å². The van der Waals surface area contributed by atoms with Crippen molar-refractivity contribution in [2.24, 2.45) is 5.92 Å². The van der Waals surface area contributed by atoms with E-state index in [1.54, 1.807) is 12.1 Å². The van der Waals surface area contributed by atoms with Gasteiger partial charge in [-0.1, -0.05) is 12.1 Å². The first-order chi connectivity index (χ1) is 10.2. The summed E-state index contributed by atoms with van der Waals surface area (Å²) in [5, 5.41) is 6.10. The highest BCUT2D eigenvalue weighted by Gasteiger charge is 2.20.